The van der Waals surface area contributed by atoms with Crippen molar-refractivity contribution in [3.8, 4) is 0 Å². The first-order valence-corrected chi connectivity index (χ1v) is 8.29. The molecule has 1 N–H and O–H groups in total. The lowest BCUT2D eigenvalue weighted by atomic mass is 9.87. The molecule has 2 aromatic rings. The quantitative estimate of drug-likeness (QED) is 0.795. The SMILES string of the molecule is CC[C@@H](O)c1ccccc1Sc1ccc(C(C)(C)C)cc1. The van der Waals surface area contributed by atoms with Crippen molar-refractivity contribution in [3.63, 3.8) is 0 Å². The summed E-state index contributed by atoms with van der Waals surface area (Å²) in [6, 6.07) is 16.8. The summed E-state index contributed by atoms with van der Waals surface area (Å²) < 4.78 is 0. The van der Waals surface area contributed by atoms with E-state index >= 15 is 0 Å². The number of benzene rings is 2. The molecule has 0 saturated heterocycles. The topological polar surface area (TPSA) is 20.2 Å². The van der Waals surface area contributed by atoms with E-state index < -0.39 is 0 Å². The molecule has 0 aliphatic heterocycles. The Morgan fingerprint density at radius 1 is 1.00 bits per heavy atom. The van der Waals surface area contributed by atoms with E-state index in [-0.39, 0.29) is 11.5 Å². The number of hydrogen-bond acceptors (Lipinski definition) is 2. The zero-order valence-corrected chi connectivity index (χ0v) is 14.1. The highest BCUT2D eigenvalue weighted by molar-refractivity contribution is 7.99. The molecule has 0 saturated carbocycles. The highest BCUT2D eigenvalue weighted by Crippen LogP contribution is 2.35. The van der Waals surface area contributed by atoms with Crippen LogP contribution < -0.4 is 0 Å². The highest BCUT2D eigenvalue weighted by atomic mass is 32.2. The summed E-state index contributed by atoms with van der Waals surface area (Å²) in [5.41, 5.74) is 2.54. The Labute approximate surface area is 132 Å². The Balaban J connectivity index is 2.23. The minimum absolute atomic E-state index is 0.180. The normalized spacial score (nSPS) is 13.2. The Bertz CT molecular complexity index is 581. The largest absolute Gasteiger partial charge is 0.388 e. The van der Waals surface area contributed by atoms with E-state index in [0.29, 0.717) is 0 Å². The first-order valence-electron chi connectivity index (χ1n) is 7.47. The lowest BCUT2D eigenvalue weighted by Gasteiger charge is -2.19. The van der Waals surface area contributed by atoms with Crippen LogP contribution in [0.1, 0.15) is 51.3 Å². The molecule has 0 aliphatic rings. The van der Waals surface area contributed by atoms with Crippen LogP contribution in [0.15, 0.2) is 58.3 Å². The average Bonchev–Trinajstić information content (AvgIpc) is 2.46. The van der Waals surface area contributed by atoms with Gasteiger partial charge in [0.25, 0.3) is 0 Å². The maximum Gasteiger partial charge on any atom is 0.0798 e. The van der Waals surface area contributed by atoms with Crippen molar-refractivity contribution in [2.45, 2.75) is 55.4 Å². The van der Waals surface area contributed by atoms with E-state index in [2.05, 4.69) is 51.1 Å². The van der Waals surface area contributed by atoms with Crippen LogP contribution in [0.2, 0.25) is 0 Å². The molecule has 1 atom stereocenters. The van der Waals surface area contributed by atoms with E-state index in [1.165, 1.54) is 10.5 Å². The van der Waals surface area contributed by atoms with Crippen LogP contribution in [0.3, 0.4) is 0 Å². The first-order chi connectivity index (χ1) is 9.91. The van der Waals surface area contributed by atoms with Gasteiger partial charge in [-0.15, -0.1) is 0 Å². The first kappa shape index (κ1) is 16.1. The molecule has 21 heavy (non-hydrogen) atoms. The van der Waals surface area contributed by atoms with E-state index in [1.807, 2.05) is 25.1 Å². The zero-order chi connectivity index (χ0) is 15.5. The molecule has 0 aliphatic carbocycles. The van der Waals surface area contributed by atoms with E-state index in [9.17, 15) is 5.11 Å². The molecule has 0 spiro atoms. The van der Waals surface area contributed by atoms with Crippen molar-refractivity contribution in [1.82, 2.24) is 0 Å². The van der Waals surface area contributed by atoms with Gasteiger partial charge >= 0.3 is 0 Å². The fourth-order valence-corrected chi connectivity index (χ4v) is 3.21. The van der Waals surface area contributed by atoms with Crippen molar-refractivity contribution in [2.24, 2.45) is 0 Å². The fraction of sp³-hybridized carbons (Fsp3) is 0.368. The van der Waals surface area contributed by atoms with Gasteiger partial charge in [-0.1, -0.05) is 69.8 Å². The van der Waals surface area contributed by atoms with Crippen LogP contribution in [-0.4, -0.2) is 5.11 Å². The van der Waals surface area contributed by atoms with Gasteiger partial charge in [0, 0.05) is 9.79 Å². The Hall–Kier alpha value is -1.25. The minimum atomic E-state index is -0.387. The summed E-state index contributed by atoms with van der Waals surface area (Å²) in [4.78, 5) is 2.34. The van der Waals surface area contributed by atoms with Crippen molar-refractivity contribution in [1.29, 1.82) is 0 Å². The third-order valence-corrected chi connectivity index (χ3v) is 4.71. The van der Waals surface area contributed by atoms with E-state index in [0.717, 1.165) is 16.9 Å². The van der Waals surface area contributed by atoms with Crippen molar-refractivity contribution in [3.05, 3.63) is 59.7 Å². The third kappa shape index (κ3) is 4.12. The molecule has 2 rings (SSSR count). The number of aliphatic hydroxyl groups excluding tert-OH is 1. The maximum atomic E-state index is 10.1. The monoisotopic (exact) mass is 300 g/mol. The van der Waals surface area contributed by atoms with Gasteiger partial charge in [0.15, 0.2) is 0 Å². The molecule has 1 nitrogen and oxygen atoms in total. The molecule has 2 aromatic carbocycles. The predicted molar refractivity (Wildman–Crippen MR) is 91.0 cm³/mol. The third-order valence-electron chi connectivity index (χ3n) is 3.61. The van der Waals surface area contributed by atoms with Gasteiger partial charge in [-0.2, -0.15) is 0 Å². The van der Waals surface area contributed by atoms with Crippen molar-refractivity contribution in [2.75, 3.05) is 0 Å². The average molecular weight is 300 g/mol. The van der Waals surface area contributed by atoms with Gasteiger partial charge in [0.1, 0.15) is 0 Å². The summed E-state index contributed by atoms with van der Waals surface area (Å²) in [7, 11) is 0. The summed E-state index contributed by atoms with van der Waals surface area (Å²) in [6.07, 6.45) is 0.350. The van der Waals surface area contributed by atoms with E-state index in [4.69, 9.17) is 0 Å². The second kappa shape index (κ2) is 6.67. The van der Waals surface area contributed by atoms with Gasteiger partial charge in [0.05, 0.1) is 6.10 Å². The van der Waals surface area contributed by atoms with Crippen LogP contribution in [-0.2, 0) is 5.41 Å². The van der Waals surface area contributed by atoms with Crippen LogP contribution in [0.4, 0.5) is 0 Å². The summed E-state index contributed by atoms with van der Waals surface area (Å²) in [5, 5.41) is 10.1. The van der Waals surface area contributed by atoms with Crippen LogP contribution in [0.25, 0.3) is 0 Å². The Kier molecular flexibility index (Phi) is 5.13. The van der Waals surface area contributed by atoms with Crippen LogP contribution >= 0.6 is 11.8 Å². The standard InChI is InChI=1S/C19H24OS/c1-5-17(20)16-8-6-7-9-18(16)21-15-12-10-14(11-13-15)19(2,3)4/h6-13,17,20H,5H2,1-4H3/t17-/m1/s1. The highest BCUT2D eigenvalue weighted by Gasteiger charge is 2.14. The predicted octanol–water partition coefficient (Wildman–Crippen LogP) is 5.58. The van der Waals surface area contributed by atoms with Gasteiger partial charge in [-0.05, 0) is 41.2 Å². The summed E-state index contributed by atoms with van der Waals surface area (Å²) >= 11 is 1.72. The van der Waals surface area contributed by atoms with E-state index in [1.54, 1.807) is 11.8 Å². The molecule has 2 heteroatoms. The van der Waals surface area contributed by atoms with Crippen LogP contribution in [0, 0.1) is 0 Å². The van der Waals surface area contributed by atoms with Gasteiger partial charge in [-0.25, -0.2) is 0 Å². The molecule has 0 amide bonds. The molecular weight excluding hydrogens is 276 g/mol. The Morgan fingerprint density at radius 2 is 1.62 bits per heavy atom. The summed E-state index contributed by atoms with van der Waals surface area (Å²) in [6.45, 7) is 8.68. The lowest BCUT2D eigenvalue weighted by Crippen LogP contribution is -2.10. The molecular formula is C19H24OS. The Morgan fingerprint density at radius 3 is 2.19 bits per heavy atom. The maximum absolute atomic E-state index is 10.1. The number of rotatable bonds is 4. The second-order valence-corrected chi connectivity index (χ2v) is 7.45. The molecule has 112 valence electrons. The molecule has 0 radical (unpaired) electrons. The van der Waals surface area contributed by atoms with Gasteiger partial charge in [-0.3, -0.25) is 0 Å². The summed E-state index contributed by atoms with van der Waals surface area (Å²) in [5.74, 6) is 0. The molecule has 0 aromatic heterocycles. The van der Waals surface area contributed by atoms with Crippen molar-refractivity contribution < 1.29 is 5.11 Å². The molecule has 0 heterocycles. The van der Waals surface area contributed by atoms with Gasteiger partial charge < -0.3 is 5.11 Å². The van der Waals surface area contributed by atoms with Crippen LogP contribution in [0.5, 0.6) is 0 Å². The van der Waals surface area contributed by atoms with Crippen molar-refractivity contribution >= 4 is 11.8 Å². The smallest absolute Gasteiger partial charge is 0.0798 e. The molecule has 0 bridgehead atoms. The lowest BCUT2D eigenvalue weighted by molar-refractivity contribution is 0.171. The second-order valence-electron chi connectivity index (χ2n) is 6.34. The zero-order valence-electron chi connectivity index (χ0n) is 13.3. The number of hydrogen-bond donors (Lipinski definition) is 1. The fourth-order valence-electron chi connectivity index (χ4n) is 2.22. The van der Waals surface area contributed by atoms with Gasteiger partial charge in [0.2, 0.25) is 0 Å². The minimum Gasteiger partial charge on any atom is -0.388 e. The number of aliphatic hydroxyl groups is 1. The molecule has 0 unspecified atom stereocenters. The molecule has 0 fully saturated rings.